The molecular weight excluding hydrogens is 234 g/mol. The molecule has 0 aliphatic carbocycles. The van der Waals surface area contributed by atoms with E-state index in [4.69, 9.17) is 0 Å². The second kappa shape index (κ2) is 6.95. The maximum Gasteiger partial charge on any atom is 0.121 e. The van der Waals surface area contributed by atoms with Crippen LogP contribution in [0.4, 0.5) is 0 Å². The van der Waals surface area contributed by atoms with Gasteiger partial charge in [-0.25, -0.2) is 0 Å². The van der Waals surface area contributed by atoms with Gasteiger partial charge in [-0.15, -0.1) is 0 Å². The number of benzene rings is 1. The van der Waals surface area contributed by atoms with Gasteiger partial charge < -0.3 is 10.4 Å². The highest BCUT2D eigenvalue weighted by Crippen LogP contribution is 2.23. The van der Waals surface area contributed by atoms with Gasteiger partial charge in [0, 0.05) is 6.54 Å². The van der Waals surface area contributed by atoms with E-state index in [1.165, 1.54) is 5.56 Å². The lowest BCUT2D eigenvalue weighted by molar-refractivity contribution is 0.275. The van der Waals surface area contributed by atoms with Gasteiger partial charge in [0.15, 0.2) is 0 Å². The van der Waals surface area contributed by atoms with Crippen molar-refractivity contribution < 1.29 is 5.11 Å². The molecule has 1 aromatic rings. The lowest BCUT2D eigenvalue weighted by Crippen LogP contribution is -2.29. The summed E-state index contributed by atoms with van der Waals surface area (Å²) in [4.78, 5) is 0. The van der Waals surface area contributed by atoms with E-state index in [1.807, 2.05) is 13.8 Å². The zero-order chi connectivity index (χ0) is 14.6. The van der Waals surface area contributed by atoms with E-state index in [2.05, 4.69) is 45.1 Å². The third kappa shape index (κ3) is 4.54. The maximum atomic E-state index is 9.77. The molecule has 0 saturated heterocycles. The summed E-state index contributed by atoms with van der Waals surface area (Å²) in [7, 11) is 0. The minimum absolute atomic E-state index is 0.422. The molecule has 108 valence electrons. The van der Waals surface area contributed by atoms with Crippen LogP contribution in [-0.2, 0) is 6.54 Å². The van der Waals surface area contributed by atoms with E-state index in [0.717, 1.165) is 24.2 Å². The predicted molar refractivity (Wildman–Crippen MR) is 82.5 cm³/mol. The largest absolute Gasteiger partial charge is 0.507 e. The van der Waals surface area contributed by atoms with Crippen LogP contribution in [0.3, 0.4) is 0 Å². The Balaban J connectivity index is 2.58. The van der Waals surface area contributed by atoms with E-state index < -0.39 is 0 Å². The first-order chi connectivity index (χ1) is 8.82. The van der Waals surface area contributed by atoms with Crippen molar-refractivity contribution >= 4 is 0 Å². The maximum absolute atomic E-state index is 9.77. The second-order valence-electron chi connectivity index (χ2n) is 6.36. The van der Waals surface area contributed by atoms with Gasteiger partial charge >= 0.3 is 0 Å². The summed E-state index contributed by atoms with van der Waals surface area (Å²) in [5, 5.41) is 13.3. The van der Waals surface area contributed by atoms with Gasteiger partial charge in [0.05, 0.1) is 0 Å². The lowest BCUT2D eigenvalue weighted by Gasteiger charge is -2.25. The van der Waals surface area contributed by atoms with Crippen LogP contribution in [0.2, 0.25) is 0 Å². The van der Waals surface area contributed by atoms with Gasteiger partial charge in [0.1, 0.15) is 5.75 Å². The first-order valence-corrected chi connectivity index (χ1v) is 7.32. The molecule has 0 spiro atoms. The number of hydrogen-bond donors (Lipinski definition) is 2. The molecule has 2 N–H and O–H groups in total. The average molecular weight is 263 g/mol. The standard InChI is InChI=1S/C17H29NO/c1-11(2)16(12(3)4)10-18-9-15-7-13(5)17(19)14(6)8-15/h7-8,11-12,16,18-19H,9-10H2,1-6H3. The lowest BCUT2D eigenvalue weighted by atomic mass is 9.85. The van der Waals surface area contributed by atoms with Crippen LogP contribution in [-0.4, -0.2) is 11.7 Å². The minimum atomic E-state index is 0.422. The molecule has 0 amide bonds. The van der Waals surface area contributed by atoms with Crippen LogP contribution >= 0.6 is 0 Å². The summed E-state index contributed by atoms with van der Waals surface area (Å²) >= 11 is 0. The molecule has 2 nitrogen and oxygen atoms in total. The average Bonchev–Trinajstić information content (AvgIpc) is 2.30. The third-order valence-electron chi connectivity index (χ3n) is 3.97. The Morgan fingerprint density at radius 2 is 1.47 bits per heavy atom. The van der Waals surface area contributed by atoms with Crippen molar-refractivity contribution in [1.82, 2.24) is 5.32 Å². The van der Waals surface area contributed by atoms with E-state index in [0.29, 0.717) is 23.5 Å². The number of aromatic hydroxyl groups is 1. The van der Waals surface area contributed by atoms with E-state index >= 15 is 0 Å². The second-order valence-corrected chi connectivity index (χ2v) is 6.36. The normalized spacial score (nSPS) is 11.8. The highest BCUT2D eigenvalue weighted by atomic mass is 16.3. The van der Waals surface area contributed by atoms with Crippen LogP contribution in [0.15, 0.2) is 12.1 Å². The van der Waals surface area contributed by atoms with E-state index in [1.54, 1.807) is 0 Å². The number of aryl methyl sites for hydroxylation is 2. The Morgan fingerprint density at radius 1 is 1.00 bits per heavy atom. The van der Waals surface area contributed by atoms with E-state index in [-0.39, 0.29) is 0 Å². The molecule has 0 aromatic heterocycles. The highest BCUT2D eigenvalue weighted by molar-refractivity contribution is 5.42. The molecule has 0 fully saturated rings. The zero-order valence-corrected chi connectivity index (χ0v) is 13.2. The Morgan fingerprint density at radius 3 is 1.89 bits per heavy atom. The van der Waals surface area contributed by atoms with Crippen LogP contribution in [0.5, 0.6) is 5.75 Å². The number of phenols is 1. The number of hydrogen-bond acceptors (Lipinski definition) is 2. The Bertz CT molecular complexity index is 379. The molecule has 0 heterocycles. The molecule has 0 aliphatic heterocycles. The van der Waals surface area contributed by atoms with Crippen molar-refractivity contribution in [3.63, 3.8) is 0 Å². The first-order valence-electron chi connectivity index (χ1n) is 7.32. The van der Waals surface area contributed by atoms with Gasteiger partial charge in [0.2, 0.25) is 0 Å². The molecule has 0 atom stereocenters. The molecule has 1 rings (SSSR count). The van der Waals surface area contributed by atoms with Crippen molar-refractivity contribution in [2.75, 3.05) is 6.54 Å². The quantitative estimate of drug-likeness (QED) is 0.812. The van der Waals surface area contributed by atoms with Crippen molar-refractivity contribution in [2.45, 2.75) is 48.1 Å². The number of nitrogens with one attached hydrogen (secondary N) is 1. The smallest absolute Gasteiger partial charge is 0.121 e. The molecular formula is C17H29NO. The highest BCUT2D eigenvalue weighted by Gasteiger charge is 2.16. The fraction of sp³-hybridized carbons (Fsp3) is 0.647. The summed E-state index contributed by atoms with van der Waals surface area (Å²) in [6, 6.07) is 4.13. The molecule has 0 aliphatic rings. The van der Waals surface area contributed by atoms with Crippen molar-refractivity contribution in [3.8, 4) is 5.75 Å². The van der Waals surface area contributed by atoms with Gasteiger partial charge in [-0.05, 0) is 54.8 Å². The molecule has 1 aromatic carbocycles. The number of phenolic OH excluding ortho intramolecular Hbond substituents is 1. The summed E-state index contributed by atoms with van der Waals surface area (Å²) in [5.74, 6) is 2.54. The van der Waals surface area contributed by atoms with Crippen molar-refractivity contribution in [1.29, 1.82) is 0 Å². The molecule has 2 heteroatoms. The molecule has 0 unspecified atom stereocenters. The fourth-order valence-electron chi connectivity index (χ4n) is 2.77. The molecule has 0 radical (unpaired) electrons. The SMILES string of the molecule is Cc1cc(CNCC(C(C)C)C(C)C)cc(C)c1O. The van der Waals surface area contributed by atoms with Gasteiger partial charge in [0.25, 0.3) is 0 Å². The van der Waals surface area contributed by atoms with Gasteiger partial charge in [-0.2, -0.15) is 0 Å². The Hall–Kier alpha value is -1.02. The molecule has 19 heavy (non-hydrogen) atoms. The summed E-state index contributed by atoms with van der Waals surface area (Å²) < 4.78 is 0. The van der Waals surface area contributed by atoms with Crippen LogP contribution in [0, 0.1) is 31.6 Å². The Labute approximate surface area is 118 Å². The summed E-state index contributed by atoms with van der Waals surface area (Å²) in [6.45, 7) is 15.0. The fourth-order valence-corrected chi connectivity index (χ4v) is 2.77. The van der Waals surface area contributed by atoms with Crippen LogP contribution in [0.1, 0.15) is 44.4 Å². The number of rotatable bonds is 6. The first kappa shape index (κ1) is 16.0. The van der Waals surface area contributed by atoms with Gasteiger partial charge in [-0.1, -0.05) is 39.8 Å². The van der Waals surface area contributed by atoms with Crippen molar-refractivity contribution in [3.05, 3.63) is 28.8 Å². The third-order valence-corrected chi connectivity index (χ3v) is 3.97. The van der Waals surface area contributed by atoms with E-state index in [9.17, 15) is 5.11 Å². The van der Waals surface area contributed by atoms with Crippen LogP contribution in [0.25, 0.3) is 0 Å². The molecule has 0 saturated carbocycles. The topological polar surface area (TPSA) is 32.3 Å². The summed E-state index contributed by atoms with van der Waals surface area (Å²) in [5.41, 5.74) is 3.17. The monoisotopic (exact) mass is 263 g/mol. The van der Waals surface area contributed by atoms with Gasteiger partial charge in [-0.3, -0.25) is 0 Å². The predicted octanol–water partition coefficient (Wildman–Crippen LogP) is 4.03. The van der Waals surface area contributed by atoms with Crippen LogP contribution < -0.4 is 5.32 Å². The summed E-state index contributed by atoms with van der Waals surface area (Å²) in [6.07, 6.45) is 0. The molecule has 0 bridgehead atoms. The minimum Gasteiger partial charge on any atom is -0.507 e. The zero-order valence-electron chi connectivity index (χ0n) is 13.2. The van der Waals surface area contributed by atoms with Crippen molar-refractivity contribution in [2.24, 2.45) is 17.8 Å². The Kier molecular flexibility index (Phi) is 5.86.